The van der Waals surface area contributed by atoms with Gasteiger partial charge in [-0.15, -0.1) is 0 Å². The molecule has 1 saturated heterocycles. The van der Waals surface area contributed by atoms with Gasteiger partial charge in [0.2, 0.25) is 0 Å². The van der Waals surface area contributed by atoms with Gasteiger partial charge in [0.05, 0.1) is 0 Å². The molecule has 21 heavy (non-hydrogen) atoms. The molecule has 4 nitrogen and oxygen atoms in total. The Balaban J connectivity index is 1.73. The lowest BCUT2D eigenvalue weighted by molar-refractivity contribution is 0.214. The normalized spacial score (nSPS) is 17.9. The van der Waals surface area contributed by atoms with Crippen LogP contribution < -0.4 is 11.1 Å². The number of aliphatic imine (C=N–C) groups is 1. The number of hydrogen-bond donors (Lipinski definition) is 2. The zero-order valence-corrected chi connectivity index (χ0v) is 13.3. The van der Waals surface area contributed by atoms with Gasteiger partial charge in [-0.05, 0) is 69.4 Å². The quantitative estimate of drug-likeness (QED) is 0.647. The van der Waals surface area contributed by atoms with Gasteiger partial charge >= 0.3 is 0 Å². The molecule has 1 fully saturated rings. The molecule has 1 aliphatic heterocycles. The number of rotatable bonds is 5. The van der Waals surface area contributed by atoms with Crippen molar-refractivity contribution in [2.75, 3.05) is 32.0 Å². The minimum Gasteiger partial charge on any atom is -0.370 e. The first-order chi connectivity index (χ1) is 10.2. The van der Waals surface area contributed by atoms with Crippen LogP contribution in [0.2, 0.25) is 0 Å². The predicted molar refractivity (Wildman–Crippen MR) is 90.8 cm³/mol. The van der Waals surface area contributed by atoms with Crippen molar-refractivity contribution in [2.45, 2.75) is 32.6 Å². The molecular weight excluding hydrogens is 260 g/mol. The summed E-state index contributed by atoms with van der Waals surface area (Å²) in [5.41, 5.74) is 8.28. The molecule has 1 heterocycles. The number of nitrogens with zero attached hydrogens (tertiary/aromatic N) is 2. The fourth-order valence-corrected chi connectivity index (χ4v) is 2.73. The maximum absolute atomic E-state index is 5.94. The number of likely N-dealkylation sites (tertiary alicyclic amines) is 1. The molecule has 3 N–H and O–H groups in total. The second kappa shape index (κ2) is 8.03. The maximum Gasteiger partial charge on any atom is 0.193 e. The van der Waals surface area contributed by atoms with E-state index in [-0.39, 0.29) is 0 Å². The summed E-state index contributed by atoms with van der Waals surface area (Å²) in [5.74, 6) is 1.33. The highest BCUT2D eigenvalue weighted by atomic mass is 15.1. The van der Waals surface area contributed by atoms with Gasteiger partial charge in [0.15, 0.2) is 5.96 Å². The van der Waals surface area contributed by atoms with Crippen molar-refractivity contribution in [1.82, 2.24) is 4.90 Å². The van der Waals surface area contributed by atoms with Gasteiger partial charge in [-0.3, -0.25) is 4.99 Å². The van der Waals surface area contributed by atoms with Crippen molar-refractivity contribution in [3.8, 4) is 0 Å². The Bertz CT molecular complexity index is 444. The topological polar surface area (TPSA) is 53.6 Å². The molecule has 0 amide bonds. The molecule has 1 aliphatic rings. The van der Waals surface area contributed by atoms with Crippen LogP contribution in [0.4, 0.5) is 5.69 Å². The number of aryl methyl sites for hydroxylation is 1. The van der Waals surface area contributed by atoms with Crippen molar-refractivity contribution in [3.63, 3.8) is 0 Å². The summed E-state index contributed by atoms with van der Waals surface area (Å²) in [6, 6.07) is 8.35. The Labute approximate surface area is 128 Å². The molecule has 0 bridgehead atoms. The molecule has 0 atom stereocenters. The molecule has 2 rings (SSSR count). The molecule has 0 spiro atoms. The first kappa shape index (κ1) is 15.8. The number of benzene rings is 1. The standard InChI is InChI=1S/C17H28N4/c1-3-14-4-6-16(7-5-14)20-17(18)19-11-8-15-9-12-21(2)13-10-15/h4-7,15H,3,8-13H2,1-2H3,(H3,18,19,20). The fraction of sp³-hybridized carbons (Fsp3) is 0.588. The van der Waals surface area contributed by atoms with Crippen molar-refractivity contribution >= 4 is 11.6 Å². The van der Waals surface area contributed by atoms with Crippen LogP contribution in [0.15, 0.2) is 29.3 Å². The number of piperidine rings is 1. The van der Waals surface area contributed by atoms with E-state index >= 15 is 0 Å². The zero-order chi connectivity index (χ0) is 15.1. The summed E-state index contributed by atoms with van der Waals surface area (Å²) in [6.45, 7) is 5.40. The van der Waals surface area contributed by atoms with Crippen LogP contribution in [0, 0.1) is 5.92 Å². The predicted octanol–water partition coefficient (Wildman–Crippen LogP) is 2.71. The molecule has 1 aromatic carbocycles. The second-order valence-corrected chi connectivity index (χ2v) is 5.98. The summed E-state index contributed by atoms with van der Waals surface area (Å²) < 4.78 is 0. The molecular formula is C17H28N4. The van der Waals surface area contributed by atoms with Gasteiger partial charge in [-0.1, -0.05) is 19.1 Å². The SMILES string of the molecule is CCc1ccc(NC(N)=NCCC2CCN(C)CC2)cc1. The van der Waals surface area contributed by atoms with Crippen LogP contribution in [0.1, 0.15) is 31.7 Å². The molecule has 0 radical (unpaired) electrons. The van der Waals surface area contributed by atoms with Gasteiger partial charge < -0.3 is 16.0 Å². The lowest BCUT2D eigenvalue weighted by Crippen LogP contribution is -2.30. The Morgan fingerprint density at radius 2 is 1.95 bits per heavy atom. The van der Waals surface area contributed by atoms with Gasteiger partial charge in [-0.2, -0.15) is 0 Å². The van der Waals surface area contributed by atoms with E-state index in [9.17, 15) is 0 Å². The van der Waals surface area contributed by atoms with Gasteiger partial charge in [0.1, 0.15) is 0 Å². The lowest BCUT2D eigenvalue weighted by Gasteiger charge is -2.28. The molecule has 116 valence electrons. The fourth-order valence-electron chi connectivity index (χ4n) is 2.73. The molecule has 0 aliphatic carbocycles. The zero-order valence-electron chi connectivity index (χ0n) is 13.3. The van der Waals surface area contributed by atoms with E-state index in [4.69, 9.17) is 5.73 Å². The van der Waals surface area contributed by atoms with Crippen LogP contribution in [0.5, 0.6) is 0 Å². The lowest BCUT2D eigenvalue weighted by atomic mass is 9.94. The van der Waals surface area contributed by atoms with E-state index < -0.39 is 0 Å². The number of anilines is 1. The highest BCUT2D eigenvalue weighted by Gasteiger charge is 2.15. The van der Waals surface area contributed by atoms with E-state index in [0.717, 1.165) is 31.0 Å². The molecule has 1 aromatic rings. The highest BCUT2D eigenvalue weighted by molar-refractivity contribution is 5.92. The van der Waals surface area contributed by atoms with Crippen molar-refractivity contribution < 1.29 is 0 Å². The average molecular weight is 288 g/mol. The minimum absolute atomic E-state index is 0.521. The summed E-state index contributed by atoms with van der Waals surface area (Å²) in [6.07, 6.45) is 4.78. The molecule has 4 heteroatoms. The van der Waals surface area contributed by atoms with Crippen molar-refractivity contribution in [2.24, 2.45) is 16.6 Å². The molecule has 0 aromatic heterocycles. The molecule has 0 unspecified atom stereocenters. The number of hydrogen-bond acceptors (Lipinski definition) is 2. The second-order valence-electron chi connectivity index (χ2n) is 5.98. The number of nitrogens with two attached hydrogens (primary N) is 1. The van der Waals surface area contributed by atoms with Gasteiger partial charge in [0, 0.05) is 12.2 Å². The average Bonchev–Trinajstić information content (AvgIpc) is 2.50. The van der Waals surface area contributed by atoms with Crippen LogP contribution in [-0.4, -0.2) is 37.5 Å². The largest absolute Gasteiger partial charge is 0.370 e. The number of guanidine groups is 1. The van der Waals surface area contributed by atoms with E-state index in [1.165, 1.54) is 31.5 Å². The van der Waals surface area contributed by atoms with E-state index in [1.807, 2.05) is 0 Å². The van der Waals surface area contributed by atoms with Gasteiger partial charge in [-0.25, -0.2) is 0 Å². The number of nitrogens with one attached hydrogen (secondary N) is 1. The Morgan fingerprint density at radius 1 is 1.29 bits per heavy atom. The monoisotopic (exact) mass is 288 g/mol. The summed E-state index contributed by atoms with van der Waals surface area (Å²) >= 11 is 0. The smallest absolute Gasteiger partial charge is 0.193 e. The van der Waals surface area contributed by atoms with Crippen molar-refractivity contribution in [3.05, 3.63) is 29.8 Å². The minimum atomic E-state index is 0.521. The van der Waals surface area contributed by atoms with Crippen LogP contribution in [0.3, 0.4) is 0 Å². The Morgan fingerprint density at radius 3 is 2.57 bits per heavy atom. The van der Waals surface area contributed by atoms with E-state index in [1.54, 1.807) is 0 Å². The summed E-state index contributed by atoms with van der Waals surface area (Å²) in [7, 11) is 2.19. The first-order valence-electron chi connectivity index (χ1n) is 8.01. The third-order valence-electron chi connectivity index (χ3n) is 4.29. The van der Waals surface area contributed by atoms with E-state index in [0.29, 0.717) is 5.96 Å². The summed E-state index contributed by atoms with van der Waals surface area (Å²) in [4.78, 5) is 6.84. The third-order valence-corrected chi connectivity index (χ3v) is 4.29. The highest BCUT2D eigenvalue weighted by Crippen LogP contribution is 2.19. The Kier molecular flexibility index (Phi) is 6.05. The van der Waals surface area contributed by atoms with Gasteiger partial charge in [0.25, 0.3) is 0 Å². The van der Waals surface area contributed by atoms with Crippen LogP contribution in [0.25, 0.3) is 0 Å². The van der Waals surface area contributed by atoms with Crippen LogP contribution in [-0.2, 0) is 6.42 Å². The maximum atomic E-state index is 5.94. The Hall–Kier alpha value is -1.55. The first-order valence-corrected chi connectivity index (χ1v) is 8.01. The van der Waals surface area contributed by atoms with E-state index in [2.05, 4.69) is 53.4 Å². The van der Waals surface area contributed by atoms with Crippen LogP contribution >= 0.6 is 0 Å². The van der Waals surface area contributed by atoms with Crippen molar-refractivity contribution in [1.29, 1.82) is 0 Å². The summed E-state index contributed by atoms with van der Waals surface area (Å²) in [5, 5.41) is 3.16. The molecule has 0 saturated carbocycles. The third kappa shape index (κ3) is 5.38.